The maximum absolute atomic E-state index is 13.1. The van der Waals surface area contributed by atoms with Gasteiger partial charge in [0.15, 0.2) is 0 Å². The quantitative estimate of drug-likeness (QED) is 0.690. The number of benzene rings is 1. The van der Waals surface area contributed by atoms with E-state index in [0.717, 1.165) is 36.4 Å². The topological polar surface area (TPSA) is 37.6 Å². The third-order valence-electron chi connectivity index (χ3n) is 4.19. The molecule has 0 radical (unpaired) electrons. The summed E-state index contributed by atoms with van der Waals surface area (Å²) in [5.41, 5.74) is 4.58. The Bertz CT molecular complexity index is 866. The zero-order valence-electron chi connectivity index (χ0n) is 12.5. The lowest BCUT2D eigenvalue weighted by Crippen LogP contribution is -2.35. The second-order valence-corrected chi connectivity index (χ2v) is 5.72. The number of fused-ring (bicyclic) bond motifs is 2. The number of amides is 1. The first-order valence-electron chi connectivity index (χ1n) is 7.58. The number of carbonyl (C=O) groups is 1. The highest BCUT2D eigenvalue weighted by atomic mass is 16.2. The summed E-state index contributed by atoms with van der Waals surface area (Å²) in [6, 6.07) is 11.9. The van der Waals surface area contributed by atoms with E-state index in [1.807, 2.05) is 58.9 Å². The SMILES string of the molecule is Cc1cn2cccc(C(=O)N3CCCc4ccccc43)c2n1. The van der Waals surface area contributed by atoms with E-state index in [-0.39, 0.29) is 5.91 Å². The van der Waals surface area contributed by atoms with Crippen LogP contribution in [0.5, 0.6) is 0 Å². The molecule has 1 aromatic carbocycles. The predicted octanol–water partition coefficient (Wildman–Crippen LogP) is 3.24. The molecule has 0 aliphatic carbocycles. The van der Waals surface area contributed by atoms with Crippen LogP contribution in [-0.4, -0.2) is 21.8 Å². The van der Waals surface area contributed by atoms with Crippen molar-refractivity contribution in [3.05, 3.63) is 65.6 Å². The van der Waals surface area contributed by atoms with Crippen LogP contribution in [0.15, 0.2) is 48.8 Å². The Labute approximate surface area is 129 Å². The molecule has 0 bridgehead atoms. The minimum absolute atomic E-state index is 0.0309. The molecule has 0 atom stereocenters. The summed E-state index contributed by atoms with van der Waals surface area (Å²) >= 11 is 0. The summed E-state index contributed by atoms with van der Waals surface area (Å²) in [5.74, 6) is 0.0309. The zero-order valence-corrected chi connectivity index (χ0v) is 12.5. The molecule has 0 spiro atoms. The summed E-state index contributed by atoms with van der Waals surface area (Å²) < 4.78 is 1.92. The maximum Gasteiger partial charge on any atom is 0.262 e. The molecule has 3 heterocycles. The lowest BCUT2D eigenvalue weighted by molar-refractivity contribution is 0.0986. The normalized spacial score (nSPS) is 14.1. The molecule has 0 fully saturated rings. The van der Waals surface area contributed by atoms with Crippen LogP contribution in [0.3, 0.4) is 0 Å². The van der Waals surface area contributed by atoms with Crippen molar-refractivity contribution in [3.8, 4) is 0 Å². The fourth-order valence-electron chi connectivity index (χ4n) is 3.19. The first-order valence-corrected chi connectivity index (χ1v) is 7.58. The fraction of sp³-hybridized carbons (Fsp3) is 0.222. The van der Waals surface area contributed by atoms with Gasteiger partial charge in [0.25, 0.3) is 5.91 Å². The van der Waals surface area contributed by atoms with Gasteiger partial charge in [0.2, 0.25) is 0 Å². The Morgan fingerprint density at radius 2 is 2.05 bits per heavy atom. The fourth-order valence-corrected chi connectivity index (χ4v) is 3.19. The van der Waals surface area contributed by atoms with Crippen molar-refractivity contribution in [3.63, 3.8) is 0 Å². The number of hydrogen-bond donors (Lipinski definition) is 0. The Hall–Kier alpha value is -2.62. The molecule has 1 aliphatic heterocycles. The number of anilines is 1. The predicted molar refractivity (Wildman–Crippen MR) is 86.4 cm³/mol. The number of aryl methyl sites for hydroxylation is 2. The smallest absolute Gasteiger partial charge is 0.262 e. The van der Waals surface area contributed by atoms with Crippen molar-refractivity contribution in [1.82, 2.24) is 9.38 Å². The van der Waals surface area contributed by atoms with Crippen LogP contribution in [0.25, 0.3) is 5.65 Å². The number of carbonyl (C=O) groups excluding carboxylic acids is 1. The number of para-hydroxylation sites is 1. The van der Waals surface area contributed by atoms with Gasteiger partial charge < -0.3 is 9.30 Å². The highest BCUT2D eigenvalue weighted by Gasteiger charge is 2.25. The van der Waals surface area contributed by atoms with Crippen LogP contribution in [0.1, 0.15) is 28.0 Å². The van der Waals surface area contributed by atoms with Crippen LogP contribution >= 0.6 is 0 Å². The monoisotopic (exact) mass is 291 g/mol. The number of imidazole rings is 1. The van der Waals surface area contributed by atoms with Gasteiger partial charge in [0, 0.05) is 24.6 Å². The molecular formula is C18H17N3O. The molecule has 3 aromatic rings. The van der Waals surface area contributed by atoms with Gasteiger partial charge >= 0.3 is 0 Å². The largest absolute Gasteiger partial charge is 0.308 e. The van der Waals surface area contributed by atoms with Crippen LogP contribution in [0.2, 0.25) is 0 Å². The van der Waals surface area contributed by atoms with Gasteiger partial charge in [-0.2, -0.15) is 0 Å². The second-order valence-electron chi connectivity index (χ2n) is 5.72. The van der Waals surface area contributed by atoms with Crippen LogP contribution < -0.4 is 4.90 Å². The molecule has 1 amide bonds. The van der Waals surface area contributed by atoms with E-state index < -0.39 is 0 Å². The van der Waals surface area contributed by atoms with E-state index >= 15 is 0 Å². The molecule has 22 heavy (non-hydrogen) atoms. The minimum Gasteiger partial charge on any atom is -0.308 e. The van der Waals surface area contributed by atoms with Crippen molar-refractivity contribution < 1.29 is 4.79 Å². The first-order chi connectivity index (χ1) is 10.7. The zero-order chi connectivity index (χ0) is 15.1. The molecule has 4 heteroatoms. The van der Waals surface area contributed by atoms with Crippen molar-refractivity contribution in [2.24, 2.45) is 0 Å². The van der Waals surface area contributed by atoms with Crippen molar-refractivity contribution >= 4 is 17.2 Å². The summed E-state index contributed by atoms with van der Waals surface area (Å²) in [6.07, 6.45) is 5.90. The van der Waals surface area contributed by atoms with E-state index in [9.17, 15) is 4.79 Å². The van der Waals surface area contributed by atoms with Crippen molar-refractivity contribution in [1.29, 1.82) is 0 Å². The average Bonchev–Trinajstić information content (AvgIpc) is 2.93. The molecular weight excluding hydrogens is 274 g/mol. The standard InChI is InChI=1S/C18H17N3O/c1-13-12-20-10-5-8-15(17(20)19-13)18(22)21-11-4-7-14-6-2-3-9-16(14)21/h2-3,5-6,8-10,12H,4,7,11H2,1H3. The van der Waals surface area contributed by atoms with Crippen molar-refractivity contribution in [2.75, 3.05) is 11.4 Å². The number of nitrogens with zero attached hydrogens (tertiary/aromatic N) is 3. The highest BCUT2D eigenvalue weighted by Crippen LogP contribution is 2.28. The van der Waals surface area contributed by atoms with Gasteiger partial charge in [-0.15, -0.1) is 0 Å². The van der Waals surface area contributed by atoms with E-state index in [1.165, 1.54) is 5.56 Å². The summed E-state index contributed by atoms with van der Waals surface area (Å²) in [6.45, 7) is 2.70. The van der Waals surface area contributed by atoms with E-state index in [1.54, 1.807) is 0 Å². The van der Waals surface area contributed by atoms with Gasteiger partial charge in [-0.05, 0) is 43.5 Å². The molecule has 0 unspecified atom stereocenters. The molecule has 0 saturated carbocycles. The summed E-state index contributed by atoms with van der Waals surface area (Å²) in [7, 11) is 0. The van der Waals surface area contributed by atoms with Crippen LogP contribution in [-0.2, 0) is 6.42 Å². The third kappa shape index (κ3) is 1.99. The van der Waals surface area contributed by atoms with Gasteiger partial charge in [-0.25, -0.2) is 4.98 Å². The average molecular weight is 291 g/mol. The molecule has 4 rings (SSSR count). The summed E-state index contributed by atoms with van der Waals surface area (Å²) in [5, 5.41) is 0. The minimum atomic E-state index is 0.0309. The van der Waals surface area contributed by atoms with Crippen molar-refractivity contribution in [2.45, 2.75) is 19.8 Å². The maximum atomic E-state index is 13.1. The second kappa shape index (κ2) is 4.98. The highest BCUT2D eigenvalue weighted by molar-refractivity contribution is 6.10. The molecule has 0 saturated heterocycles. The molecule has 110 valence electrons. The Kier molecular flexibility index (Phi) is 2.96. The van der Waals surface area contributed by atoms with Gasteiger partial charge in [-0.1, -0.05) is 18.2 Å². The Balaban J connectivity index is 1.82. The number of aromatic nitrogens is 2. The number of hydrogen-bond acceptors (Lipinski definition) is 2. The Morgan fingerprint density at radius 1 is 1.18 bits per heavy atom. The van der Waals surface area contributed by atoms with E-state index in [4.69, 9.17) is 0 Å². The number of pyridine rings is 1. The summed E-state index contributed by atoms with van der Waals surface area (Å²) in [4.78, 5) is 19.4. The van der Waals surface area contributed by atoms with Gasteiger partial charge in [0.05, 0.1) is 11.3 Å². The molecule has 4 nitrogen and oxygen atoms in total. The van der Waals surface area contributed by atoms with Crippen LogP contribution in [0, 0.1) is 6.92 Å². The van der Waals surface area contributed by atoms with Crippen LogP contribution in [0.4, 0.5) is 5.69 Å². The van der Waals surface area contributed by atoms with E-state index in [2.05, 4.69) is 11.1 Å². The molecule has 2 aromatic heterocycles. The van der Waals surface area contributed by atoms with Gasteiger partial charge in [0.1, 0.15) is 5.65 Å². The van der Waals surface area contributed by atoms with Gasteiger partial charge in [-0.3, -0.25) is 4.79 Å². The Morgan fingerprint density at radius 3 is 2.95 bits per heavy atom. The molecule has 1 aliphatic rings. The van der Waals surface area contributed by atoms with E-state index in [0.29, 0.717) is 5.56 Å². The third-order valence-corrected chi connectivity index (χ3v) is 4.19. The molecule has 0 N–H and O–H groups in total. The lowest BCUT2D eigenvalue weighted by Gasteiger charge is -2.29. The number of rotatable bonds is 1. The first kappa shape index (κ1) is 13.1. The lowest BCUT2D eigenvalue weighted by atomic mass is 10.0.